The number of amides is 1. The molecule has 6 nitrogen and oxygen atoms in total. The number of carbonyl (C=O) groups excluding carboxylic acids is 2. The van der Waals surface area contributed by atoms with Crippen molar-refractivity contribution >= 4 is 29.2 Å². The zero-order valence-corrected chi connectivity index (χ0v) is 14.3. The molecule has 0 aliphatic carbocycles. The van der Waals surface area contributed by atoms with Crippen molar-refractivity contribution in [2.75, 3.05) is 25.1 Å². The molecule has 1 amide bonds. The van der Waals surface area contributed by atoms with Gasteiger partial charge in [0.15, 0.2) is 18.1 Å². The Morgan fingerprint density at radius 2 is 1.88 bits per heavy atom. The van der Waals surface area contributed by atoms with Crippen LogP contribution in [0.1, 0.15) is 5.56 Å². The lowest BCUT2D eigenvalue weighted by Gasteiger charge is -2.18. The van der Waals surface area contributed by atoms with Crippen LogP contribution in [0.3, 0.4) is 0 Å². The Labute approximate surface area is 153 Å². The third-order valence-electron chi connectivity index (χ3n) is 3.52. The molecule has 136 valence electrons. The van der Waals surface area contributed by atoms with Crippen molar-refractivity contribution in [2.45, 2.75) is 6.42 Å². The molecular formula is C18H15ClFNO5. The van der Waals surface area contributed by atoms with Crippen LogP contribution < -0.4 is 14.8 Å². The van der Waals surface area contributed by atoms with Crippen LogP contribution >= 0.6 is 11.6 Å². The number of hydrogen-bond acceptors (Lipinski definition) is 5. The van der Waals surface area contributed by atoms with Crippen molar-refractivity contribution in [2.24, 2.45) is 0 Å². The summed E-state index contributed by atoms with van der Waals surface area (Å²) in [6.45, 7) is 0.464. The molecule has 0 aromatic heterocycles. The summed E-state index contributed by atoms with van der Waals surface area (Å²) in [5.41, 5.74) is 0.919. The second-order valence-corrected chi connectivity index (χ2v) is 5.90. The van der Waals surface area contributed by atoms with E-state index in [0.717, 1.165) is 12.1 Å². The number of rotatable bonds is 5. The van der Waals surface area contributed by atoms with Gasteiger partial charge in [0.2, 0.25) is 0 Å². The number of fused-ring (bicyclic) bond motifs is 1. The molecule has 1 heterocycles. The van der Waals surface area contributed by atoms with E-state index >= 15 is 0 Å². The average molecular weight is 380 g/mol. The summed E-state index contributed by atoms with van der Waals surface area (Å²) in [6.07, 6.45) is -0.0127. The van der Waals surface area contributed by atoms with Gasteiger partial charge in [0, 0.05) is 0 Å². The molecule has 0 saturated heterocycles. The van der Waals surface area contributed by atoms with Gasteiger partial charge in [-0.15, -0.1) is 0 Å². The summed E-state index contributed by atoms with van der Waals surface area (Å²) < 4.78 is 28.8. The minimum Gasteiger partial charge on any atom is -0.486 e. The molecule has 0 fully saturated rings. The van der Waals surface area contributed by atoms with Crippen LogP contribution in [0.4, 0.5) is 10.1 Å². The Morgan fingerprint density at radius 3 is 2.65 bits per heavy atom. The van der Waals surface area contributed by atoms with Crippen LogP contribution in [0, 0.1) is 5.82 Å². The van der Waals surface area contributed by atoms with E-state index in [4.69, 9.17) is 25.8 Å². The SMILES string of the molecule is O=C(COC(=O)Cc1ccc2c(c1)OCCO2)Nc1ccc(F)cc1Cl. The largest absolute Gasteiger partial charge is 0.486 e. The van der Waals surface area contributed by atoms with E-state index in [1.54, 1.807) is 18.2 Å². The first-order valence-electron chi connectivity index (χ1n) is 7.80. The minimum atomic E-state index is -0.575. The fraction of sp³-hybridized carbons (Fsp3) is 0.222. The molecule has 0 atom stereocenters. The van der Waals surface area contributed by atoms with E-state index in [0.29, 0.717) is 30.3 Å². The first kappa shape index (κ1) is 18.0. The summed E-state index contributed by atoms with van der Waals surface area (Å²) in [5, 5.41) is 2.50. The van der Waals surface area contributed by atoms with Gasteiger partial charge in [0.05, 0.1) is 17.1 Å². The first-order valence-corrected chi connectivity index (χ1v) is 8.18. The first-order chi connectivity index (χ1) is 12.5. The maximum atomic E-state index is 13.0. The molecule has 3 rings (SSSR count). The lowest BCUT2D eigenvalue weighted by molar-refractivity contribution is -0.146. The maximum absolute atomic E-state index is 13.0. The number of ether oxygens (including phenoxy) is 3. The Bertz CT molecular complexity index is 842. The second-order valence-electron chi connectivity index (χ2n) is 5.49. The minimum absolute atomic E-state index is 0.0127. The molecule has 8 heteroatoms. The van der Waals surface area contributed by atoms with Crippen molar-refractivity contribution in [3.05, 3.63) is 52.8 Å². The number of halogens is 2. The van der Waals surface area contributed by atoms with Gasteiger partial charge in [0.25, 0.3) is 5.91 Å². The van der Waals surface area contributed by atoms with Crippen LogP contribution in [-0.2, 0) is 20.7 Å². The number of benzene rings is 2. The zero-order chi connectivity index (χ0) is 18.5. The second kappa shape index (κ2) is 8.05. The molecule has 1 aliphatic heterocycles. The number of carbonyl (C=O) groups is 2. The quantitative estimate of drug-likeness (QED) is 0.808. The van der Waals surface area contributed by atoms with E-state index in [-0.39, 0.29) is 17.1 Å². The molecule has 26 heavy (non-hydrogen) atoms. The fourth-order valence-electron chi connectivity index (χ4n) is 2.34. The van der Waals surface area contributed by atoms with Crippen molar-refractivity contribution in [1.82, 2.24) is 0 Å². The summed E-state index contributed by atoms with van der Waals surface area (Å²) in [7, 11) is 0. The van der Waals surface area contributed by atoms with Crippen LogP contribution in [0.15, 0.2) is 36.4 Å². The summed E-state index contributed by atoms with van der Waals surface area (Å²) >= 11 is 5.82. The van der Waals surface area contributed by atoms with E-state index in [2.05, 4.69) is 5.32 Å². The summed E-state index contributed by atoms with van der Waals surface area (Å²) in [5.74, 6) is -0.455. The predicted molar refractivity (Wildman–Crippen MR) is 92.1 cm³/mol. The Morgan fingerprint density at radius 1 is 1.12 bits per heavy atom. The van der Waals surface area contributed by atoms with Gasteiger partial charge in [-0.25, -0.2) is 4.39 Å². The maximum Gasteiger partial charge on any atom is 0.310 e. The third-order valence-corrected chi connectivity index (χ3v) is 3.84. The number of hydrogen-bond donors (Lipinski definition) is 1. The highest BCUT2D eigenvalue weighted by atomic mass is 35.5. The van der Waals surface area contributed by atoms with Crippen molar-refractivity contribution in [1.29, 1.82) is 0 Å². The lowest BCUT2D eigenvalue weighted by Crippen LogP contribution is -2.22. The molecule has 1 aliphatic rings. The molecule has 2 aromatic carbocycles. The highest BCUT2D eigenvalue weighted by molar-refractivity contribution is 6.33. The van der Waals surface area contributed by atoms with Crippen LogP contribution in [0.5, 0.6) is 11.5 Å². The van der Waals surface area contributed by atoms with E-state index in [9.17, 15) is 14.0 Å². The van der Waals surface area contributed by atoms with E-state index in [1.165, 1.54) is 6.07 Å². The highest BCUT2D eigenvalue weighted by Crippen LogP contribution is 2.30. The topological polar surface area (TPSA) is 73.9 Å². The Hall–Kier alpha value is -2.80. The monoisotopic (exact) mass is 379 g/mol. The van der Waals surface area contributed by atoms with Gasteiger partial charge in [0.1, 0.15) is 19.0 Å². The molecule has 0 saturated carbocycles. The number of nitrogens with one attached hydrogen (secondary N) is 1. The lowest BCUT2D eigenvalue weighted by atomic mass is 10.1. The molecule has 0 radical (unpaired) electrons. The summed E-state index contributed by atoms with van der Waals surface area (Å²) in [6, 6.07) is 8.72. The smallest absolute Gasteiger partial charge is 0.310 e. The molecular weight excluding hydrogens is 365 g/mol. The molecule has 1 N–H and O–H groups in total. The van der Waals surface area contributed by atoms with Gasteiger partial charge in [-0.2, -0.15) is 0 Å². The Balaban J connectivity index is 1.50. The van der Waals surface area contributed by atoms with Gasteiger partial charge >= 0.3 is 5.97 Å². The molecule has 2 aromatic rings. The Kier molecular flexibility index (Phi) is 5.58. The van der Waals surface area contributed by atoms with Crippen LogP contribution in [0.25, 0.3) is 0 Å². The van der Waals surface area contributed by atoms with E-state index in [1.807, 2.05) is 0 Å². The van der Waals surface area contributed by atoms with Crippen LogP contribution in [-0.4, -0.2) is 31.7 Å². The zero-order valence-electron chi connectivity index (χ0n) is 13.6. The van der Waals surface area contributed by atoms with Gasteiger partial charge in [-0.1, -0.05) is 17.7 Å². The number of esters is 1. The normalized spacial score (nSPS) is 12.4. The molecule has 0 unspecified atom stereocenters. The molecule has 0 bridgehead atoms. The van der Waals surface area contributed by atoms with Crippen molar-refractivity contribution in [3.8, 4) is 11.5 Å². The third kappa shape index (κ3) is 4.64. The van der Waals surface area contributed by atoms with Gasteiger partial charge in [-0.3, -0.25) is 9.59 Å². The summed E-state index contributed by atoms with van der Waals surface area (Å²) in [4.78, 5) is 23.7. The van der Waals surface area contributed by atoms with Crippen molar-refractivity contribution < 1.29 is 28.2 Å². The van der Waals surface area contributed by atoms with Gasteiger partial charge in [-0.05, 0) is 35.9 Å². The predicted octanol–water partition coefficient (Wildman–Crippen LogP) is 2.97. The highest BCUT2D eigenvalue weighted by Gasteiger charge is 2.15. The van der Waals surface area contributed by atoms with E-state index < -0.39 is 24.3 Å². The standard InChI is InChI=1S/C18H15ClFNO5/c19-13-9-12(20)2-3-14(13)21-17(22)10-26-18(23)8-11-1-4-15-16(7-11)25-6-5-24-15/h1-4,7,9H,5-6,8,10H2,(H,21,22). The molecule has 0 spiro atoms. The fourth-order valence-corrected chi connectivity index (χ4v) is 2.55. The van der Waals surface area contributed by atoms with Crippen LogP contribution in [0.2, 0.25) is 5.02 Å². The number of anilines is 1. The van der Waals surface area contributed by atoms with Crippen molar-refractivity contribution in [3.63, 3.8) is 0 Å². The average Bonchev–Trinajstić information content (AvgIpc) is 2.62. The van der Waals surface area contributed by atoms with Gasteiger partial charge < -0.3 is 19.5 Å².